The molecule has 2 aliphatic rings. The van der Waals surface area contributed by atoms with Crippen molar-refractivity contribution in [2.45, 2.75) is 47.1 Å². The van der Waals surface area contributed by atoms with E-state index in [-0.39, 0.29) is 0 Å². The molecule has 1 aliphatic carbocycles. The van der Waals surface area contributed by atoms with Gasteiger partial charge < -0.3 is 14.5 Å². The van der Waals surface area contributed by atoms with Gasteiger partial charge in [0.15, 0.2) is 5.60 Å². The molecule has 0 radical (unpaired) electrons. The average molecular weight is 569 g/mol. The third-order valence-electron chi connectivity index (χ3n) is 9.41. The molecule has 1 spiro atoms. The second kappa shape index (κ2) is 10.3. The predicted octanol–water partition coefficient (Wildman–Crippen LogP) is 8.51. The Labute approximate surface area is 255 Å². The molecule has 7 rings (SSSR count). The number of nitrogens with zero attached hydrogens (tertiary/aromatic N) is 4. The molecule has 5 aromatic rings. The van der Waals surface area contributed by atoms with E-state index in [1.807, 2.05) is 0 Å². The fourth-order valence-electron chi connectivity index (χ4n) is 7.26. The van der Waals surface area contributed by atoms with E-state index < -0.39 is 5.60 Å². The Morgan fingerprint density at radius 1 is 0.674 bits per heavy atom. The molecule has 4 aromatic carbocycles. The molecular formula is C38H40N4O. The van der Waals surface area contributed by atoms with Gasteiger partial charge in [0, 0.05) is 54.2 Å². The van der Waals surface area contributed by atoms with Gasteiger partial charge in [-0.1, -0.05) is 42.0 Å². The first-order chi connectivity index (χ1) is 20.9. The summed E-state index contributed by atoms with van der Waals surface area (Å²) in [6, 6.07) is 31.0. The Morgan fingerprint density at radius 3 is 1.79 bits per heavy atom. The van der Waals surface area contributed by atoms with Gasteiger partial charge in [-0.2, -0.15) is 5.10 Å². The van der Waals surface area contributed by atoms with Crippen LogP contribution in [0.3, 0.4) is 0 Å². The van der Waals surface area contributed by atoms with Crippen LogP contribution in [0.2, 0.25) is 0 Å². The molecule has 0 N–H and O–H groups in total. The van der Waals surface area contributed by atoms with Gasteiger partial charge in [-0.3, -0.25) is 0 Å². The SMILES string of the molecule is CCN(CC)c1ccc2c(c1)-c1cc(N(CC)CC)ccc1C21Oc2ccccc2-c2c1c(C)nn2-c1ccc(C)cc1. The zero-order chi connectivity index (χ0) is 29.9. The summed E-state index contributed by atoms with van der Waals surface area (Å²) in [7, 11) is 0. The zero-order valence-electron chi connectivity index (χ0n) is 26.1. The molecule has 218 valence electrons. The van der Waals surface area contributed by atoms with Gasteiger partial charge in [0.2, 0.25) is 0 Å². The van der Waals surface area contributed by atoms with E-state index in [1.54, 1.807) is 0 Å². The van der Waals surface area contributed by atoms with Crippen molar-refractivity contribution in [1.82, 2.24) is 9.78 Å². The molecule has 2 heterocycles. The largest absolute Gasteiger partial charge is 0.472 e. The van der Waals surface area contributed by atoms with Gasteiger partial charge in [-0.25, -0.2) is 4.68 Å². The Morgan fingerprint density at radius 2 is 1.23 bits per heavy atom. The molecule has 0 unspecified atom stereocenters. The summed E-state index contributed by atoms with van der Waals surface area (Å²) >= 11 is 0. The van der Waals surface area contributed by atoms with Gasteiger partial charge >= 0.3 is 0 Å². The monoisotopic (exact) mass is 568 g/mol. The van der Waals surface area contributed by atoms with E-state index >= 15 is 0 Å². The topological polar surface area (TPSA) is 33.5 Å². The number of benzene rings is 4. The summed E-state index contributed by atoms with van der Waals surface area (Å²) in [4.78, 5) is 4.84. The Hall–Kier alpha value is -4.51. The van der Waals surface area contributed by atoms with Crippen molar-refractivity contribution >= 4 is 11.4 Å². The maximum atomic E-state index is 7.33. The fourth-order valence-corrected chi connectivity index (χ4v) is 7.26. The average Bonchev–Trinajstić information content (AvgIpc) is 3.52. The van der Waals surface area contributed by atoms with Gasteiger partial charge in [0.1, 0.15) is 5.75 Å². The minimum Gasteiger partial charge on any atom is -0.472 e. The second-order valence-electron chi connectivity index (χ2n) is 11.6. The highest BCUT2D eigenvalue weighted by molar-refractivity contribution is 5.90. The Kier molecular flexibility index (Phi) is 6.57. The first-order valence-corrected chi connectivity index (χ1v) is 15.7. The first kappa shape index (κ1) is 27.3. The lowest BCUT2D eigenvalue weighted by molar-refractivity contribution is 0.156. The molecule has 1 aliphatic heterocycles. The fraction of sp³-hybridized carbons (Fsp3) is 0.289. The number of hydrogen-bond donors (Lipinski definition) is 0. The van der Waals surface area contributed by atoms with Crippen LogP contribution in [-0.2, 0) is 5.60 Å². The van der Waals surface area contributed by atoms with E-state index in [1.165, 1.54) is 39.2 Å². The third kappa shape index (κ3) is 3.94. The third-order valence-corrected chi connectivity index (χ3v) is 9.41. The Balaban J connectivity index is 1.56. The van der Waals surface area contributed by atoms with Crippen LogP contribution < -0.4 is 14.5 Å². The van der Waals surface area contributed by atoms with Gasteiger partial charge in [-0.15, -0.1) is 0 Å². The molecule has 1 aromatic heterocycles. The molecule has 0 saturated heterocycles. The number of hydrogen-bond acceptors (Lipinski definition) is 4. The zero-order valence-corrected chi connectivity index (χ0v) is 26.1. The molecule has 0 bridgehead atoms. The van der Waals surface area contributed by atoms with Crippen LogP contribution >= 0.6 is 0 Å². The summed E-state index contributed by atoms with van der Waals surface area (Å²) in [6.07, 6.45) is 0. The first-order valence-electron chi connectivity index (χ1n) is 15.7. The maximum Gasteiger partial charge on any atom is 0.189 e. The number of aryl methyl sites for hydroxylation is 2. The summed E-state index contributed by atoms with van der Waals surface area (Å²) in [5, 5.41) is 5.22. The van der Waals surface area contributed by atoms with Crippen LogP contribution in [0.15, 0.2) is 84.9 Å². The van der Waals surface area contributed by atoms with Crippen LogP contribution in [0, 0.1) is 13.8 Å². The van der Waals surface area contributed by atoms with Gasteiger partial charge in [0.25, 0.3) is 0 Å². The van der Waals surface area contributed by atoms with E-state index in [4.69, 9.17) is 9.84 Å². The molecule has 5 nitrogen and oxygen atoms in total. The summed E-state index contributed by atoms with van der Waals surface area (Å²) in [5.74, 6) is 0.878. The highest BCUT2D eigenvalue weighted by Gasteiger charge is 2.53. The molecule has 0 fully saturated rings. The highest BCUT2D eigenvalue weighted by Crippen LogP contribution is 2.60. The van der Waals surface area contributed by atoms with Crippen LogP contribution in [0.25, 0.3) is 28.1 Å². The van der Waals surface area contributed by atoms with Crippen molar-refractivity contribution < 1.29 is 4.74 Å². The quantitative estimate of drug-likeness (QED) is 0.197. The van der Waals surface area contributed by atoms with E-state index in [0.717, 1.165) is 60.1 Å². The maximum absolute atomic E-state index is 7.33. The molecule has 0 atom stereocenters. The van der Waals surface area contributed by atoms with Crippen LogP contribution in [0.1, 0.15) is 55.6 Å². The second-order valence-corrected chi connectivity index (χ2v) is 11.6. The van der Waals surface area contributed by atoms with E-state index in [2.05, 4.69) is 141 Å². The molecule has 5 heteroatoms. The summed E-state index contributed by atoms with van der Waals surface area (Å²) in [5.41, 5.74) is 13.0. The minimum atomic E-state index is -0.815. The van der Waals surface area contributed by atoms with Gasteiger partial charge in [0.05, 0.1) is 22.6 Å². The number of ether oxygens (including phenoxy) is 1. The Bertz CT molecular complexity index is 1760. The lowest BCUT2D eigenvalue weighted by Crippen LogP contribution is -2.37. The van der Waals surface area contributed by atoms with Crippen LogP contribution in [0.5, 0.6) is 5.75 Å². The number of rotatable bonds is 7. The summed E-state index contributed by atoms with van der Waals surface area (Å²) < 4.78 is 9.46. The van der Waals surface area contributed by atoms with Crippen molar-refractivity contribution in [3.63, 3.8) is 0 Å². The lowest BCUT2D eigenvalue weighted by Gasteiger charge is -2.38. The predicted molar refractivity (Wildman–Crippen MR) is 178 cm³/mol. The van der Waals surface area contributed by atoms with E-state index in [9.17, 15) is 0 Å². The van der Waals surface area contributed by atoms with Crippen molar-refractivity contribution in [3.8, 4) is 33.8 Å². The highest BCUT2D eigenvalue weighted by atomic mass is 16.5. The number of aromatic nitrogens is 2. The molecule has 0 amide bonds. The van der Waals surface area contributed by atoms with Crippen molar-refractivity contribution in [3.05, 3.63) is 113 Å². The smallest absolute Gasteiger partial charge is 0.189 e. The lowest BCUT2D eigenvalue weighted by atomic mass is 9.79. The van der Waals surface area contributed by atoms with Crippen molar-refractivity contribution in [1.29, 1.82) is 0 Å². The summed E-state index contributed by atoms with van der Waals surface area (Å²) in [6.45, 7) is 17.0. The standard InChI is InChI=1S/C38H40N4O/c1-7-40(8-2)28-19-21-33-31(23-28)32-24-29(41(9-3)10-4)20-22-34(32)38(33)36-26(6)39-42(27-17-15-25(5)16-18-27)37(36)30-13-11-12-14-35(30)43-38/h11-24H,7-10H2,1-6H3. The van der Waals surface area contributed by atoms with Crippen LogP contribution in [0.4, 0.5) is 11.4 Å². The molecular weight excluding hydrogens is 528 g/mol. The van der Waals surface area contributed by atoms with E-state index in [0.29, 0.717) is 0 Å². The van der Waals surface area contributed by atoms with Crippen LogP contribution in [-0.4, -0.2) is 36.0 Å². The molecule has 0 saturated carbocycles. The van der Waals surface area contributed by atoms with Crippen molar-refractivity contribution in [2.24, 2.45) is 0 Å². The number of fused-ring (bicyclic) bond motifs is 9. The molecule has 43 heavy (non-hydrogen) atoms. The normalized spacial score (nSPS) is 13.6. The van der Waals surface area contributed by atoms with Gasteiger partial charge in [-0.05, 0) is 101 Å². The minimum absolute atomic E-state index is 0.815. The van der Waals surface area contributed by atoms with Crippen molar-refractivity contribution in [2.75, 3.05) is 36.0 Å². The number of anilines is 2. The number of para-hydroxylation sites is 1.